The fraction of sp³-hybridized carbons (Fsp3) is 0.400. The second kappa shape index (κ2) is 6.43. The fourth-order valence-electron chi connectivity index (χ4n) is 2.06. The van der Waals surface area contributed by atoms with Crippen molar-refractivity contribution in [2.24, 2.45) is 7.05 Å². The maximum atomic E-state index is 12.2. The van der Waals surface area contributed by atoms with Gasteiger partial charge in [0.2, 0.25) is 0 Å². The lowest BCUT2D eigenvalue weighted by Crippen LogP contribution is -2.32. The van der Waals surface area contributed by atoms with Crippen LogP contribution in [0.5, 0.6) is 0 Å². The van der Waals surface area contributed by atoms with E-state index in [0.29, 0.717) is 18.1 Å². The molecule has 1 amide bonds. The Morgan fingerprint density at radius 3 is 2.80 bits per heavy atom. The smallest absolute Gasteiger partial charge is 0.268 e. The SMILES string of the molecule is CCc1ccc(C(COC)NC(=O)c2cccn2C)o1. The van der Waals surface area contributed by atoms with Gasteiger partial charge < -0.3 is 19.0 Å². The molecule has 5 heteroatoms. The van der Waals surface area contributed by atoms with Crippen LogP contribution in [0.2, 0.25) is 0 Å². The third kappa shape index (κ3) is 3.11. The number of amides is 1. The van der Waals surface area contributed by atoms with E-state index < -0.39 is 0 Å². The Bertz CT molecular complexity index is 571. The molecule has 0 fully saturated rings. The molecule has 2 aromatic rings. The van der Waals surface area contributed by atoms with Crippen molar-refractivity contribution < 1.29 is 13.9 Å². The number of ether oxygens (including phenoxy) is 1. The number of furan rings is 1. The Morgan fingerprint density at radius 1 is 1.45 bits per heavy atom. The van der Waals surface area contributed by atoms with Gasteiger partial charge in [0.25, 0.3) is 5.91 Å². The molecule has 0 aliphatic rings. The zero-order valence-corrected chi connectivity index (χ0v) is 12.1. The van der Waals surface area contributed by atoms with Crippen LogP contribution in [0.25, 0.3) is 0 Å². The Balaban J connectivity index is 2.13. The summed E-state index contributed by atoms with van der Waals surface area (Å²) < 4.78 is 12.6. The molecule has 0 aliphatic heterocycles. The van der Waals surface area contributed by atoms with Crippen LogP contribution in [0.1, 0.15) is 35.0 Å². The summed E-state index contributed by atoms with van der Waals surface area (Å²) in [6, 6.07) is 7.13. The van der Waals surface area contributed by atoms with Gasteiger partial charge in [-0.1, -0.05) is 6.92 Å². The van der Waals surface area contributed by atoms with Crippen molar-refractivity contribution in [1.82, 2.24) is 9.88 Å². The predicted octanol–water partition coefficient (Wildman–Crippen LogP) is 2.30. The number of carbonyl (C=O) groups is 1. The van der Waals surface area contributed by atoms with Crippen LogP contribution in [0, 0.1) is 0 Å². The number of aryl methyl sites for hydroxylation is 2. The molecule has 2 rings (SSSR count). The van der Waals surface area contributed by atoms with E-state index >= 15 is 0 Å². The largest absolute Gasteiger partial charge is 0.464 e. The maximum Gasteiger partial charge on any atom is 0.268 e. The van der Waals surface area contributed by atoms with Crippen molar-refractivity contribution in [2.75, 3.05) is 13.7 Å². The number of rotatable bonds is 6. The molecule has 20 heavy (non-hydrogen) atoms. The lowest BCUT2D eigenvalue weighted by atomic mass is 10.2. The van der Waals surface area contributed by atoms with Gasteiger partial charge in [-0.25, -0.2) is 0 Å². The Hall–Kier alpha value is -2.01. The average Bonchev–Trinajstić information content (AvgIpc) is 3.06. The Kier molecular flexibility index (Phi) is 4.63. The molecule has 0 bridgehead atoms. The van der Waals surface area contributed by atoms with Gasteiger partial charge in [0.15, 0.2) is 0 Å². The first-order valence-corrected chi connectivity index (χ1v) is 6.65. The summed E-state index contributed by atoms with van der Waals surface area (Å²) in [4.78, 5) is 12.2. The van der Waals surface area contributed by atoms with Gasteiger partial charge in [0.1, 0.15) is 23.3 Å². The summed E-state index contributed by atoms with van der Waals surface area (Å²) in [5.74, 6) is 1.47. The maximum absolute atomic E-state index is 12.2. The molecule has 0 saturated carbocycles. The van der Waals surface area contributed by atoms with Gasteiger partial charge in [0.05, 0.1) is 6.61 Å². The van der Waals surface area contributed by atoms with E-state index in [9.17, 15) is 4.79 Å². The van der Waals surface area contributed by atoms with Crippen LogP contribution < -0.4 is 5.32 Å². The number of hydrogen-bond donors (Lipinski definition) is 1. The molecule has 0 aliphatic carbocycles. The van der Waals surface area contributed by atoms with Crippen molar-refractivity contribution >= 4 is 5.91 Å². The molecule has 0 spiro atoms. The monoisotopic (exact) mass is 276 g/mol. The van der Waals surface area contributed by atoms with Crippen molar-refractivity contribution in [2.45, 2.75) is 19.4 Å². The number of nitrogens with one attached hydrogen (secondary N) is 1. The van der Waals surface area contributed by atoms with Gasteiger partial charge >= 0.3 is 0 Å². The number of aromatic nitrogens is 1. The number of methoxy groups -OCH3 is 1. The van der Waals surface area contributed by atoms with Gasteiger partial charge in [-0.2, -0.15) is 0 Å². The van der Waals surface area contributed by atoms with E-state index in [1.165, 1.54) is 0 Å². The van der Waals surface area contributed by atoms with Crippen molar-refractivity contribution in [3.63, 3.8) is 0 Å². The van der Waals surface area contributed by atoms with Gasteiger partial charge in [-0.3, -0.25) is 4.79 Å². The van der Waals surface area contributed by atoms with Gasteiger partial charge in [-0.15, -0.1) is 0 Å². The summed E-state index contributed by atoms with van der Waals surface area (Å²) in [5, 5.41) is 2.94. The standard InChI is InChI=1S/C15H20N2O3/c1-4-11-7-8-14(20-11)12(10-19-3)16-15(18)13-6-5-9-17(13)2/h5-9,12H,4,10H2,1-3H3,(H,16,18). The minimum Gasteiger partial charge on any atom is -0.464 e. The highest BCUT2D eigenvalue weighted by Crippen LogP contribution is 2.18. The van der Waals surface area contributed by atoms with Crippen molar-refractivity contribution in [1.29, 1.82) is 0 Å². The second-order valence-electron chi connectivity index (χ2n) is 4.64. The first kappa shape index (κ1) is 14.4. The average molecular weight is 276 g/mol. The molecule has 0 saturated heterocycles. The summed E-state index contributed by atoms with van der Waals surface area (Å²) in [7, 11) is 3.44. The summed E-state index contributed by atoms with van der Waals surface area (Å²) >= 11 is 0. The quantitative estimate of drug-likeness (QED) is 0.880. The number of nitrogens with zero attached hydrogens (tertiary/aromatic N) is 1. The lowest BCUT2D eigenvalue weighted by Gasteiger charge is -2.16. The predicted molar refractivity (Wildman–Crippen MR) is 75.6 cm³/mol. The van der Waals surface area contributed by atoms with E-state index in [0.717, 1.165) is 12.2 Å². The van der Waals surface area contributed by atoms with E-state index in [4.69, 9.17) is 9.15 Å². The van der Waals surface area contributed by atoms with Gasteiger partial charge in [-0.05, 0) is 24.3 Å². The van der Waals surface area contributed by atoms with Crippen molar-refractivity contribution in [3.05, 3.63) is 47.7 Å². The van der Waals surface area contributed by atoms with Crippen LogP contribution in [-0.4, -0.2) is 24.2 Å². The molecular weight excluding hydrogens is 256 g/mol. The van der Waals surface area contributed by atoms with Crippen LogP contribution in [0.3, 0.4) is 0 Å². The normalized spacial score (nSPS) is 12.3. The molecule has 1 N–H and O–H groups in total. The first-order chi connectivity index (χ1) is 9.65. The molecule has 0 radical (unpaired) electrons. The molecule has 108 valence electrons. The highest BCUT2D eigenvalue weighted by molar-refractivity contribution is 5.92. The third-order valence-corrected chi connectivity index (χ3v) is 3.19. The zero-order valence-electron chi connectivity index (χ0n) is 12.1. The summed E-state index contributed by atoms with van der Waals surface area (Å²) in [6.07, 6.45) is 2.66. The van der Waals surface area contributed by atoms with Crippen LogP contribution in [0.4, 0.5) is 0 Å². The lowest BCUT2D eigenvalue weighted by molar-refractivity contribution is 0.0874. The van der Waals surface area contributed by atoms with Crippen LogP contribution in [-0.2, 0) is 18.2 Å². The van der Waals surface area contributed by atoms with E-state index in [-0.39, 0.29) is 11.9 Å². The molecular formula is C15H20N2O3. The number of hydrogen-bond acceptors (Lipinski definition) is 3. The Morgan fingerprint density at radius 2 is 2.25 bits per heavy atom. The fourth-order valence-corrected chi connectivity index (χ4v) is 2.06. The molecule has 5 nitrogen and oxygen atoms in total. The van der Waals surface area contributed by atoms with Gasteiger partial charge in [0, 0.05) is 26.8 Å². The summed E-state index contributed by atoms with van der Waals surface area (Å²) in [5.41, 5.74) is 0.605. The third-order valence-electron chi connectivity index (χ3n) is 3.19. The molecule has 1 unspecified atom stereocenters. The summed E-state index contributed by atoms with van der Waals surface area (Å²) in [6.45, 7) is 2.39. The first-order valence-electron chi connectivity index (χ1n) is 6.65. The molecule has 2 heterocycles. The Labute approximate surface area is 118 Å². The highest BCUT2D eigenvalue weighted by Gasteiger charge is 2.20. The highest BCUT2D eigenvalue weighted by atomic mass is 16.5. The van der Waals surface area contributed by atoms with Crippen LogP contribution in [0.15, 0.2) is 34.9 Å². The van der Waals surface area contributed by atoms with E-state index in [2.05, 4.69) is 5.32 Å². The minimum atomic E-state index is -0.289. The van der Waals surface area contributed by atoms with E-state index in [1.807, 2.05) is 38.4 Å². The zero-order chi connectivity index (χ0) is 14.5. The molecule has 0 aromatic carbocycles. The number of carbonyl (C=O) groups excluding carboxylic acids is 1. The van der Waals surface area contributed by atoms with E-state index in [1.54, 1.807) is 17.7 Å². The second-order valence-corrected chi connectivity index (χ2v) is 4.64. The van der Waals surface area contributed by atoms with Crippen LogP contribution >= 0.6 is 0 Å². The molecule has 2 aromatic heterocycles. The minimum absolute atomic E-state index is 0.144. The molecule has 1 atom stereocenters. The topological polar surface area (TPSA) is 56.4 Å². The van der Waals surface area contributed by atoms with Crippen molar-refractivity contribution in [3.8, 4) is 0 Å².